The van der Waals surface area contributed by atoms with Crippen LogP contribution in [-0.2, 0) is 6.42 Å². The zero-order valence-corrected chi connectivity index (χ0v) is 9.16. The van der Waals surface area contributed by atoms with Gasteiger partial charge in [-0.25, -0.2) is 0 Å². The summed E-state index contributed by atoms with van der Waals surface area (Å²) < 4.78 is 4.65. The molecular weight excluding hydrogens is 178 g/mol. The molecule has 0 aliphatic heterocycles. The highest BCUT2D eigenvalue weighted by atomic mass is 16.5. The lowest BCUT2D eigenvalue weighted by atomic mass is 10.0. The van der Waals surface area contributed by atoms with Gasteiger partial charge in [0.2, 0.25) is 6.39 Å². The van der Waals surface area contributed by atoms with Crippen molar-refractivity contribution in [1.29, 1.82) is 0 Å². The summed E-state index contributed by atoms with van der Waals surface area (Å²) in [5.41, 5.74) is 0. The predicted octanol–water partition coefficient (Wildman–Crippen LogP) is 1.64. The molecule has 1 heterocycles. The van der Waals surface area contributed by atoms with Gasteiger partial charge < -0.3 is 9.84 Å². The van der Waals surface area contributed by atoms with Crippen molar-refractivity contribution in [2.45, 2.75) is 39.7 Å². The van der Waals surface area contributed by atoms with E-state index >= 15 is 0 Å². The molecule has 0 aliphatic carbocycles. The summed E-state index contributed by atoms with van der Waals surface area (Å²) in [7, 11) is 0. The van der Waals surface area contributed by atoms with E-state index in [1.54, 1.807) is 0 Å². The van der Waals surface area contributed by atoms with E-state index in [1.807, 2.05) is 0 Å². The average Bonchev–Trinajstić information content (AvgIpc) is 2.69. The third-order valence-corrected chi connectivity index (χ3v) is 2.72. The highest BCUT2D eigenvalue weighted by Gasteiger charge is 2.09. The zero-order valence-electron chi connectivity index (χ0n) is 9.16. The minimum absolute atomic E-state index is 0.548. The molecule has 1 aromatic heterocycles. The third-order valence-electron chi connectivity index (χ3n) is 2.72. The van der Waals surface area contributed by atoms with Crippen LogP contribution >= 0.6 is 0 Å². The van der Waals surface area contributed by atoms with Crippen LogP contribution in [-0.4, -0.2) is 22.7 Å². The summed E-state index contributed by atoms with van der Waals surface area (Å²) in [6, 6.07) is 0.548. The highest BCUT2D eigenvalue weighted by molar-refractivity contribution is 4.79. The molecule has 0 bridgehead atoms. The first kappa shape index (κ1) is 11.2. The average molecular weight is 197 g/mol. The first-order chi connectivity index (χ1) is 6.74. The van der Waals surface area contributed by atoms with Crippen molar-refractivity contribution >= 4 is 0 Å². The molecule has 1 N–H and O–H groups in total. The SMILES string of the molecule is CCC(C)C(C)NCCc1ncon1. The minimum atomic E-state index is 0.548. The van der Waals surface area contributed by atoms with Crippen LogP contribution in [0.15, 0.2) is 10.9 Å². The molecular formula is C10H19N3O. The fourth-order valence-corrected chi connectivity index (χ4v) is 1.27. The molecule has 0 saturated carbocycles. The van der Waals surface area contributed by atoms with E-state index in [-0.39, 0.29) is 0 Å². The van der Waals surface area contributed by atoms with Crippen molar-refractivity contribution in [2.75, 3.05) is 6.54 Å². The Morgan fingerprint density at radius 3 is 2.86 bits per heavy atom. The van der Waals surface area contributed by atoms with Gasteiger partial charge in [-0.05, 0) is 12.8 Å². The van der Waals surface area contributed by atoms with Gasteiger partial charge in [-0.3, -0.25) is 0 Å². The van der Waals surface area contributed by atoms with Gasteiger partial charge >= 0.3 is 0 Å². The third kappa shape index (κ3) is 3.46. The molecule has 0 radical (unpaired) electrons. The van der Waals surface area contributed by atoms with E-state index in [4.69, 9.17) is 0 Å². The Labute approximate surface area is 85.1 Å². The van der Waals surface area contributed by atoms with E-state index in [0.717, 1.165) is 18.8 Å². The number of nitrogens with one attached hydrogen (secondary N) is 1. The van der Waals surface area contributed by atoms with Crippen LogP contribution in [0.5, 0.6) is 0 Å². The molecule has 2 unspecified atom stereocenters. The predicted molar refractivity (Wildman–Crippen MR) is 54.9 cm³/mol. The Kier molecular flexibility index (Phi) is 4.59. The molecule has 2 atom stereocenters. The lowest BCUT2D eigenvalue weighted by Crippen LogP contribution is -2.33. The van der Waals surface area contributed by atoms with Crippen molar-refractivity contribution in [3.8, 4) is 0 Å². The molecule has 0 aromatic carbocycles. The second-order valence-corrected chi connectivity index (χ2v) is 3.73. The van der Waals surface area contributed by atoms with Gasteiger partial charge in [0.05, 0.1) is 0 Å². The largest absolute Gasteiger partial charge is 0.343 e. The number of nitrogens with zero attached hydrogens (tertiary/aromatic N) is 2. The van der Waals surface area contributed by atoms with Gasteiger partial charge in [-0.2, -0.15) is 4.98 Å². The second-order valence-electron chi connectivity index (χ2n) is 3.73. The van der Waals surface area contributed by atoms with Crippen LogP contribution in [0.1, 0.15) is 33.0 Å². The van der Waals surface area contributed by atoms with Crippen LogP contribution in [0.4, 0.5) is 0 Å². The van der Waals surface area contributed by atoms with Gasteiger partial charge in [0.15, 0.2) is 5.82 Å². The maximum Gasteiger partial charge on any atom is 0.213 e. The summed E-state index contributed by atoms with van der Waals surface area (Å²) in [6.45, 7) is 7.59. The zero-order chi connectivity index (χ0) is 10.4. The summed E-state index contributed by atoms with van der Waals surface area (Å²) in [6.07, 6.45) is 3.40. The van der Waals surface area contributed by atoms with Gasteiger partial charge in [0.1, 0.15) is 0 Å². The van der Waals surface area contributed by atoms with E-state index in [1.165, 1.54) is 12.8 Å². The second kappa shape index (κ2) is 5.75. The Balaban J connectivity index is 2.15. The summed E-state index contributed by atoms with van der Waals surface area (Å²) in [4.78, 5) is 3.96. The lowest BCUT2D eigenvalue weighted by molar-refractivity contribution is 0.386. The normalized spacial score (nSPS) is 15.4. The number of aromatic nitrogens is 2. The molecule has 14 heavy (non-hydrogen) atoms. The quantitative estimate of drug-likeness (QED) is 0.753. The number of hydrogen-bond acceptors (Lipinski definition) is 4. The Hall–Kier alpha value is -0.900. The van der Waals surface area contributed by atoms with Crippen LogP contribution in [0, 0.1) is 5.92 Å². The molecule has 0 fully saturated rings. The van der Waals surface area contributed by atoms with Crippen molar-refractivity contribution < 1.29 is 4.52 Å². The van der Waals surface area contributed by atoms with Crippen LogP contribution in [0.25, 0.3) is 0 Å². The molecule has 4 nitrogen and oxygen atoms in total. The molecule has 0 saturated heterocycles. The van der Waals surface area contributed by atoms with Crippen molar-refractivity contribution in [3.05, 3.63) is 12.2 Å². The van der Waals surface area contributed by atoms with E-state index in [2.05, 4.69) is 40.8 Å². The van der Waals surface area contributed by atoms with Crippen LogP contribution in [0.2, 0.25) is 0 Å². The van der Waals surface area contributed by atoms with Gasteiger partial charge in [0.25, 0.3) is 0 Å². The van der Waals surface area contributed by atoms with E-state index in [0.29, 0.717) is 12.0 Å². The first-order valence-electron chi connectivity index (χ1n) is 5.22. The Morgan fingerprint density at radius 2 is 2.29 bits per heavy atom. The van der Waals surface area contributed by atoms with Gasteiger partial charge in [0, 0.05) is 19.0 Å². The molecule has 1 rings (SSSR count). The highest BCUT2D eigenvalue weighted by Crippen LogP contribution is 2.06. The van der Waals surface area contributed by atoms with Gasteiger partial charge in [-0.1, -0.05) is 25.4 Å². The fourth-order valence-electron chi connectivity index (χ4n) is 1.27. The topological polar surface area (TPSA) is 51.0 Å². The maximum absolute atomic E-state index is 4.65. The minimum Gasteiger partial charge on any atom is -0.343 e. The molecule has 80 valence electrons. The molecule has 1 aromatic rings. The fraction of sp³-hybridized carbons (Fsp3) is 0.800. The number of hydrogen-bond donors (Lipinski definition) is 1. The van der Waals surface area contributed by atoms with Crippen molar-refractivity contribution in [2.24, 2.45) is 5.92 Å². The standard InChI is InChI=1S/C10H19N3O/c1-4-8(2)9(3)11-6-5-10-12-7-14-13-10/h7-9,11H,4-6H2,1-3H3. The van der Waals surface area contributed by atoms with E-state index < -0.39 is 0 Å². The van der Waals surface area contributed by atoms with Crippen LogP contribution in [0.3, 0.4) is 0 Å². The molecule has 0 aliphatic rings. The van der Waals surface area contributed by atoms with Crippen molar-refractivity contribution in [1.82, 2.24) is 15.5 Å². The summed E-state index contributed by atoms with van der Waals surface area (Å²) >= 11 is 0. The van der Waals surface area contributed by atoms with Crippen molar-refractivity contribution in [3.63, 3.8) is 0 Å². The van der Waals surface area contributed by atoms with Gasteiger partial charge in [-0.15, -0.1) is 0 Å². The lowest BCUT2D eigenvalue weighted by Gasteiger charge is -2.19. The van der Waals surface area contributed by atoms with Crippen LogP contribution < -0.4 is 5.32 Å². The van der Waals surface area contributed by atoms with E-state index in [9.17, 15) is 0 Å². The maximum atomic E-state index is 4.65. The molecule has 0 spiro atoms. The molecule has 4 heteroatoms. The summed E-state index contributed by atoms with van der Waals surface area (Å²) in [5.74, 6) is 1.48. The smallest absolute Gasteiger partial charge is 0.213 e. The molecule has 0 amide bonds. The summed E-state index contributed by atoms with van der Waals surface area (Å²) in [5, 5.41) is 7.20. The number of rotatable bonds is 6. The first-order valence-corrected chi connectivity index (χ1v) is 5.22. The monoisotopic (exact) mass is 197 g/mol. The Morgan fingerprint density at radius 1 is 1.50 bits per heavy atom. The Bertz CT molecular complexity index is 236.